The van der Waals surface area contributed by atoms with Crippen molar-refractivity contribution < 1.29 is 23.8 Å². The summed E-state index contributed by atoms with van der Waals surface area (Å²) < 4.78 is 17.7. The van der Waals surface area contributed by atoms with E-state index >= 15 is 0 Å². The van der Waals surface area contributed by atoms with Crippen LogP contribution >= 0.6 is 0 Å². The average Bonchev–Trinajstić information content (AvgIpc) is 2.44. The van der Waals surface area contributed by atoms with Gasteiger partial charge in [0.15, 0.2) is 0 Å². The van der Waals surface area contributed by atoms with Gasteiger partial charge in [0, 0.05) is 12.7 Å². The van der Waals surface area contributed by atoms with Crippen LogP contribution in [0.5, 0.6) is 0 Å². The second kappa shape index (κ2) is 8.23. The monoisotopic (exact) mass is 284 g/mol. The molecule has 2 amide bonds. The number of amides is 2. The minimum atomic E-state index is -0.549. The van der Waals surface area contributed by atoms with Crippen LogP contribution in [0.1, 0.15) is 10.4 Å². The van der Waals surface area contributed by atoms with Crippen LogP contribution in [0.15, 0.2) is 24.3 Å². The van der Waals surface area contributed by atoms with Crippen molar-refractivity contribution in [1.82, 2.24) is 10.6 Å². The molecule has 1 unspecified atom stereocenters. The van der Waals surface area contributed by atoms with Gasteiger partial charge in [0.2, 0.25) is 5.91 Å². The number of hydrogen-bond acceptors (Lipinski definition) is 4. The number of rotatable bonds is 7. The van der Waals surface area contributed by atoms with Gasteiger partial charge in [0.1, 0.15) is 5.82 Å². The Kier molecular flexibility index (Phi) is 6.61. The first kappa shape index (κ1) is 16.1. The summed E-state index contributed by atoms with van der Waals surface area (Å²) in [6, 6.07) is 4.62. The SMILES string of the molecule is COCC(CO)NC(=O)CNC(=O)c1cccc(F)c1. The quantitative estimate of drug-likeness (QED) is 0.640. The standard InChI is InChI=1S/C13H17FN2O4/c1-20-8-11(7-17)16-12(18)6-15-13(19)9-3-2-4-10(14)5-9/h2-5,11,17H,6-8H2,1H3,(H,15,19)(H,16,18). The Morgan fingerprint density at radius 1 is 1.45 bits per heavy atom. The molecule has 1 aromatic carbocycles. The Morgan fingerprint density at radius 3 is 2.80 bits per heavy atom. The van der Waals surface area contributed by atoms with Gasteiger partial charge in [-0.25, -0.2) is 4.39 Å². The predicted octanol–water partition coefficient (Wildman–Crippen LogP) is -0.321. The lowest BCUT2D eigenvalue weighted by Gasteiger charge is -2.15. The molecule has 1 aromatic rings. The largest absolute Gasteiger partial charge is 0.394 e. The number of aliphatic hydroxyl groups excluding tert-OH is 1. The highest BCUT2D eigenvalue weighted by Gasteiger charge is 2.12. The van der Waals surface area contributed by atoms with Crippen LogP contribution < -0.4 is 10.6 Å². The van der Waals surface area contributed by atoms with Gasteiger partial charge in [0.05, 0.1) is 25.8 Å². The number of hydrogen-bond donors (Lipinski definition) is 3. The third-order valence-electron chi connectivity index (χ3n) is 2.45. The molecule has 0 aliphatic carbocycles. The molecule has 1 atom stereocenters. The molecule has 1 rings (SSSR count). The minimum absolute atomic E-state index is 0.133. The molecule has 0 heterocycles. The molecule has 0 saturated carbocycles. The molecule has 0 fully saturated rings. The lowest BCUT2D eigenvalue weighted by atomic mass is 10.2. The summed E-state index contributed by atoms with van der Waals surface area (Å²) in [7, 11) is 1.44. The Balaban J connectivity index is 2.42. The number of carbonyl (C=O) groups is 2. The Labute approximate surface area is 115 Å². The van der Waals surface area contributed by atoms with E-state index in [1.807, 2.05) is 0 Å². The number of ether oxygens (including phenoxy) is 1. The van der Waals surface area contributed by atoms with Crippen molar-refractivity contribution >= 4 is 11.8 Å². The van der Waals surface area contributed by atoms with Gasteiger partial charge < -0.3 is 20.5 Å². The molecular formula is C13H17FN2O4. The highest BCUT2D eigenvalue weighted by molar-refractivity contribution is 5.96. The molecular weight excluding hydrogens is 267 g/mol. The number of benzene rings is 1. The van der Waals surface area contributed by atoms with Crippen molar-refractivity contribution in [2.75, 3.05) is 26.9 Å². The Bertz CT molecular complexity index is 467. The van der Waals surface area contributed by atoms with Crippen molar-refractivity contribution in [3.63, 3.8) is 0 Å². The van der Waals surface area contributed by atoms with E-state index in [1.165, 1.54) is 25.3 Å². The maximum atomic E-state index is 12.9. The fourth-order valence-corrected chi connectivity index (χ4v) is 1.51. The zero-order valence-electron chi connectivity index (χ0n) is 11.1. The smallest absolute Gasteiger partial charge is 0.251 e. The second-order valence-electron chi connectivity index (χ2n) is 4.10. The first-order chi connectivity index (χ1) is 9.56. The molecule has 20 heavy (non-hydrogen) atoms. The van der Waals surface area contributed by atoms with Gasteiger partial charge in [-0.15, -0.1) is 0 Å². The van der Waals surface area contributed by atoms with E-state index in [4.69, 9.17) is 9.84 Å². The highest BCUT2D eigenvalue weighted by Crippen LogP contribution is 2.02. The molecule has 0 saturated heterocycles. The van der Waals surface area contributed by atoms with Crippen molar-refractivity contribution in [2.24, 2.45) is 0 Å². The summed E-state index contributed by atoms with van der Waals surface area (Å²) in [5.74, 6) is -1.54. The molecule has 0 aliphatic rings. The van der Waals surface area contributed by atoms with Gasteiger partial charge >= 0.3 is 0 Å². The second-order valence-corrected chi connectivity index (χ2v) is 4.10. The minimum Gasteiger partial charge on any atom is -0.394 e. The third kappa shape index (κ3) is 5.33. The highest BCUT2D eigenvalue weighted by atomic mass is 19.1. The zero-order chi connectivity index (χ0) is 15.0. The van der Waals surface area contributed by atoms with Crippen LogP contribution in [-0.4, -0.2) is 49.8 Å². The van der Waals surface area contributed by atoms with Gasteiger partial charge in [-0.05, 0) is 18.2 Å². The zero-order valence-corrected chi connectivity index (χ0v) is 11.1. The molecule has 7 heteroatoms. The van der Waals surface area contributed by atoms with Crippen molar-refractivity contribution in [3.05, 3.63) is 35.6 Å². The van der Waals surface area contributed by atoms with Gasteiger partial charge in [0.25, 0.3) is 5.91 Å². The Hall–Kier alpha value is -1.99. The van der Waals surface area contributed by atoms with E-state index in [-0.39, 0.29) is 25.3 Å². The topological polar surface area (TPSA) is 87.7 Å². The van der Waals surface area contributed by atoms with Crippen molar-refractivity contribution in [2.45, 2.75) is 6.04 Å². The first-order valence-corrected chi connectivity index (χ1v) is 5.99. The number of aliphatic hydroxyl groups is 1. The van der Waals surface area contributed by atoms with Gasteiger partial charge in [-0.3, -0.25) is 9.59 Å². The molecule has 0 spiro atoms. The van der Waals surface area contributed by atoms with Crippen molar-refractivity contribution in [3.8, 4) is 0 Å². The van der Waals surface area contributed by atoms with Crippen LogP contribution in [0, 0.1) is 5.82 Å². The number of halogens is 1. The van der Waals surface area contributed by atoms with Crippen LogP contribution in [0.4, 0.5) is 4.39 Å². The molecule has 0 radical (unpaired) electrons. The molecule has 6 nitrogen and oxygen atoms in total. The van der Waals surface area contributed by atoms with Gasteiger partial charge in [-0.2, -0.15) is 0 Å². The lowest BCUT2D eigenvalue weighted by molar-refractivity contribution is -0.121. The molecule has 110 valence electrons. The van der Waals surface area contributed by atoms with E-state index in [0.29, 0.717) is 0 Å². The summed E-state index contributed by atoms with van der Waals surface area (Å²) in [4.78, 5) is 23.2. The van der Waals surface area contributed by atoms with Gasteiger partial charge in [-0.1, -0.05) is 6.07 Å². The fourth-order valence-electron chi connectivity index (χ4n) is 1.51. The van der Waals surface area contributed by atoms with E-state index in [2.05, 4.69) is 10.6 Å². The summed E-state index contributed by atoms with van der Waals surface area (Å²) in [5, 5.41) is 13.8. The molecule has 0 aliphatic heterocycles. The Morgan fingerprint density at radius 2 is 2.20 bits per heavy atom. The van der Waals surface area contributed by atoms with Crippen LogP contribution in [-0.2, 0) is 9.53 Å². The number of carbonyl (C=O) groups excluding carboxylic acids is 2. The average molecular weight is 284 g/mol. The summed E-state index contributed by atoms with van der Waals surface area (Å²) in [5.41, 5.74) is 0.133. The number of methoxy groups -OCH3 is 1. The maximum absolute atomic E-state index is 12.9. The van der Waals surface area contributed by atoms with E-state index in [1.54, 1.807) is 0 Å². The first-order valence-electron chi connectivity index (χ1n) is 5.99. The third-order valence-corrected chi connectivity index (χ3v) is 2.45. The fraction of sp³-hybridized carbons (Fsp3) is 0.385. The normalized spacial score (nSPS) is 11.8. The molecule has 0 bridgehead atoms. The molecule has 0 aromatic heterocycles. The van der Waals surface area contributed by atoms with E-state index < -0.39 is 23.7 Å². The van der Waals surface area contributed by atoms with E-state index in [0.717, 1.165) is 6.07 Å². The van der Waals surface area contributed by atoms with E-state index in [9.17, 15) is 14.0 Å². The number of nitrogens with one attached hydrogen (secondary N) is 2. The predicted molar refractivity (Wildman–Crippen MR) is 69.6 cm³/mol. The maximum Gasteiger partial charge on any atom is 0.251 e. The van der Waals surface area contributed by atoms with Crippen LogP contribution in [0.3, 0.4) is 0 Å². The van der Waals surface area contributed by atoms with Crippen LogP contribution in [0.25, 0.3) is 0 Å². The molecule has 3 N–H and O–H groups in total. The summed E-state index contributed by atoms with van der Waals surface area (Å²) >= 11 is 0. The summed E-state index contributed by atoms with van der Waals surface area (Å²) in [6.45, 7) is -0.368. The lowest BCUT2D eigenvalue weighted by Crippen LogP contribution is -2.45. The summed E-state index contributed by atoms with van der Waals surface area (Å²) in [6.07, 6.45) is 0. The van der Waals surface area contributed by atoms with Crippen LogP contribution in [0.2, 0.25) is 0 Å². The van der Waals surface area contributed by atoms with Crippen molar-refractivity contribution in [1.29, 1.82) is 0 Å².